The Morgan fingerprint density at radius 2 is 1.79 bits per heavy atom. The van der Waals surface area contributed by atoms with Crippen LogP contribution in [-0.4, -0.2) is 18.2 Å². The molecule has 1 aliphatic carbocycles. The van der Waals surface area contributed by atoms with Crippen LogP contribution in [0.2, 0.25) is 0 Å². The van der Waals surface area contributed by atoms with E-state index < -0.39 is 10.0 Å². The Hall–Kier alpha value is -2.88. The zero-order valence-corrected chi connectivity index (χ0v) is 17.1. The molecule has 6 heteroatoms. The molecule has 1 saturated carbocycles. The predicted molar refractivity (Wildman–Crippen MR) is 114 cm³/mol. The summed E-state index contributed by atoms with van der Waals surface area (Å²) in [7, 11) is -1.85. The van der Waals surface area contributed by atoms with Crippen LogP contribution in [0.4, 0.5) is 0 Å². The van der Waals surface area contributed by atoms with Crippen LogP contribution in [0.3, 0.4) is 0 Å². The molecule has 0 spiro atoms. The number of benzene rings is 2. The summed E-state index contributed by atoms with van der Waals surface area (Å²) in [5.74, 6) is 6.84. The third kappa shape index (κ3) is 4.26. The monoisotopic (exact) mass is 405 g/mol. The zero-order chi connectivity index (χ0) is 20.4. The van der Waals surface area contributed by atoms with Crippen LogP contribution < -0.4 is 5.14 Å². The molecule has 4 rings (SSSR count). The minimum Gasteiger partial charge on any atom is -0.267 e. The Labute approximate surface area is 171 Å². The van der Waals surface area contributed by atoms with E-state index in [0.717, 1.165) is 16.8 Å². The van der Waals surface area contributed by atoms with Crippen molar-refractivity contribution in [3.8, 4) is 23.1 Å². The van der Waals surface area contributed by atoms with Crippen molar-refractivity contribution in [2.75, 3.05) is 0 Å². The molecule has 29 heavy (non-hydrogen) atoms. The quantitative estimate of drug-likeness (QED) is 0.674. The Morgan fingerprint density at radius 1 is 1.07 bits per heavy atom. The van der Waals surface area contributed by atoms with E-state index in [9.17, 15) is 8.42 Å². The molecule has 0 amide bonds. The summed E-state index contributed by atoms with van der Waals surface area (Å²) in [5, 5.41) is 9.56. The molecule has 0 radical (unpaired) electrons. The van der Waals surface area contributed by atoms with Crippen molar-refractivity contribution in [3.05, 3.63) is 71.4 Å². The maximum absolute atomic E-state index is 11.5. The smallest absolute Gasteiger partial charge is 0.238 e. The van der Waals surface area contributed by atoms with Gasteiger partial charge < -0.3 is 0 Å². The molecule has 2 aromatic carbocycles. The van der Waals surface area contributed by atoms with Crippen molar-refractivity contribution in [2.45, 2.75) is 36.5 Å². The third-order valence-electron chi connectivity index (χ3n) is 5.45. The van der Waals surface area contributed by atoms with Gasteiger partial charge in [0, 0.05) is 18.2 Å². The lowest BCUT2D eigenvalue weighted by Gasteiger charge is -2.10. The van der Waals surface area contributed by atoms with Gasteiger partial charge in [-0.2, -0.15) is 5.10 Å². The standard InChI is InChI=1S/C23H23N3O2S/c1-26-23(20-13-11-19(12-14-20)18-6-2-3-7-18)21(16-25-26)10-9-17-5-4-8-22(15-17)29(24,27)28/h4-5,8,11-16,18H,2-3,6-7H2,1H3,(H2,24,27,28). The van der Waals surface area contributed by atoms with Crippen LogP contribution in [0.25, 0.3) is 11.3 Å². The molecule has 1 aromatic heterocycles. The number of primary sulfonamides is 1. The second-order valence-corrected chi connectivity index (χ2v) is 9.02. The van der Waals surface area contributed by atoms with Crippen LogP contribution >= 0.6 is 0 Å². The van der Waals surface area contributed by atoms with E-state index in [-0.39, 0.29) is 4.90 Å². The summed E-state index contributed by atoms with van der Waals surface area (Å²) in [6.45, 7) is 0. The largest absolute Gasteiger partial charge is 0.267 e. The molecule has 0 bridgehead atoms. The topological polar surface area (TPSA) is 78.0 Å². The van der Waals surface area contributed by atoms with Crippen LogP contribution in [0.5, 0.6) is 0 Å². The highest BCUT2D eigenvalue weighted by Gasteiger charge is 2.17. The lowest BCUT2D eigenvalue weighted by atomic mass is 9.95. The number of rotatable bonds is 3. The molecule has 0 saturated heterocycles. The van der Waals surface area contributed by atoms with Gasteiger partial charge in [0.05, 0.1) is 22.3 Å². The van der Waals surface area contributed by atoms with Gasteiger partial charge in [0.15, 0.2) is 0 Å². The number of hydrogen-bond donors (Lipinski definition) is 1. The first-order valence-corrected chi connectivity index (χ1v) is 11.2. The second-order valence-electron chi connectivity index (χ2n) is 7.46. The second kappa shape index (κ2) is 7.86. The first-order valence-electron chi connectivity index (χ1n) is 9.69. The van der Waals surface area contributed by atoms with Crippen molar-refractivity contribution < 1.29 is 8.42 Å². The average Bonchev–Trinajstić information content (AvgIpc) is 3.36. The lowest BCUT2D eigenvalue weighted by molar-refractivity contribution is 0.598. The normalized spacial score (nSPS) is 14.6. The summed E-state index contributed by atoms with van der Waals surface area (Å²) in [6.07, 6.45) is 6.93. The van der Waals surface area contributed by atoms with E-state index in [4.69, 9.17) is 5.14 Å². The molecule has 0 aliphatic heterocycles. The summed E-state index contributed by atoms with van der Waals surface area (Å²) >= 11 is 0. The Bertz CT molecular complexity index is 1190. The fourth-order valence-electron chi connectivity index (χ4n) is 3.93. The number of sulfonamides is 1. The molecule has 0 atom stereocenters. The number of aromatic nitrogens is 2. The van der Waals surface area contributed by atoms with Crippen molar-refractivity contribution in [3.63, 3.8) is 0 Å². The molecule has 1 heterocycles. The predicted octanol–water partition coefficient (Wildman–Crippen LogP) is 3.79. The van der Waals surface area contributed by atoms with Crippen molar-refractivity contribution >= 4 is 10.0 Å². The van der Waals surface area contributed by atoms with Gasteiger partial charge in [0.2, 0.25) is 10.0 Å². The SMILES string of the molecule is Cn1ncc(C#Cc2cccc(S(N)(=O)=O)c2)c1-c1ccc(C2CCCC2)cc1. The highest BCUT2D eigenvalue weighted by atomic mass is 32.2. The summed E-state index contributed by atoms with van der Waals surface area (Å²) < 4.78 is 24.9. The summed E-state index contributed by atoms with van der Waals surface area (Å²) in [4.78, 5) is 0.0539. The third-order valence-corrected chi connectivity index (χ3v) is 6.36. The Balaban J connectivity index is 1.65. The molecule has 1 aliphatic rings. The van der Waals surface area contributed by atoms with Gasteiger partial charge in [-0.15, -0.1) is 0 Å². The zero-order valence-electron chi connectivity index (χ0n) is 16.3. The molecule has 1 fully saturated rings. The van der Waals surface area contributed by atoms with Gasteiger partial charge in [-0.05, 0) is 42.5 Å². The molecule has 0 unspecified atom stereocenters. The van der Waals surface area contributed by atoms with Crippen molar-refractivity contribution in [1.82, 2.24) is 9.78 Å². The molecule has 5 nitrogen and oxygen atoms in total. The number of nitrogens with two attached hydrogens (primary N) is 1. The van der Waals surface area contributed by atoms with Gasteiger partial charge in [-0.1, -0.05) is 55.0 Å². The Kier molecular flexibility index (Phi) is 5.27. The van der Waals surface area contributed by atoms with E-state index in [1.807, 2.05) is 11.7 Å². The fourth-order valence-corrected chi connectivity index (χ4v) is 4.49. The molecular formula is C23H23N3O2S. The maximum Gasteiger partial charge on any atom is 0.238 e. The van der Waals surface area contributed by atoms with Crippen LogP contribution in [0.15, 0.2) is 59.6 Å². The summed E-state index contributed by atoms with van der Waals surface area (Å²) in [6, 6.07) is 15.0. The first-order chi connectivity index (χ1) is 13.9. The minimum atomic E-state index is -3.75. The van der Waals surface area contributed by atoms with Gasteiger partial charge in [-0.25, -0.2) is 13.6 Å². The molecular weight excluding hydrogens is 382 g/mol. The average molecular weight is 406 g/mol. The molecule has 2 N–H and O–H groups in total. The maximum atomic E-state index is 11.5. The van der Waals surface area contributed by atoms with E-state index >= 15 is 0 Å². The van der Waals surface area contributed by atoms with E-state index in [0.29, 0.717) is 11.5 Å². The van der Waals surface area contributed by atoms with Crippen LogP contribution in [0, 0.1) is 11.8 Å². The summed E-state index contributed by atoms with van der Waals surface area (Å²) in [5.41, 5.74) is 4.79. The highest BCUT2D eigenvalue weighted by molar-refractivity contribution is 7.89. The molecule has 148 valence electrons. The number of nitrogens with zero attached hydrogens (tertiary/aromatic N) is 2. The van der Waals surface area contributed by atoms with Gasteiger partial charge in [0.25, 0.3) is 0 Å². The minimum absolute atomic E-state index is 0.0539. The van der Waals surface area contributed by atoms with E-state index in [1.165, 1.54) is 43.4 Å². The van der Waals surface area contributed by atoms with Crippen LogP contribution in [0.1, 0.15) is 48.3 Å². The van der Waals surface area contributed by atoms with Crippen molar-refractivity contribution in [1.29, 1.82) is 0 Å². The van der Waals surface area contributed by atoms with E-state index in [2.05, 4.69) is 41.2 Å². The lowest BCUT2D eigenvalue weighted by Crippen LogP contribution is -2.11. The number of aryl methyl sites for hydroxylation is 1. The van der Waals surface area contributed by atoms with Crippen LogP contribution in [-0.2, 0) is 17.1 Å². The van der Waals surface area contributed by atoms with Gasteiger partial charge in [-0.3, -0.25) is 4.68 Å². The molecule has 3 aromatic rings. The van der Waals surface area contributed by atoms with Gasteiger partial charge >= 0.3 is 0 Å². The Morgan fingerprint density at radius 3 is 2.48 bits per heavy atom. The number of hydrogen-bond acceptors (Lipinski definition) is 3. The fraction of sp³-hybridized carbons (Fsp3) is 0.261. The van der Waals surface area contributed by atoms with Crippen molar-refractivity contribution in [2.24, 2.45) is 12.2 Å². The van der Waals surface area contributed by atoms with Gasteiger partial charge in [0.1, 0.15) is 0 Å². The first kappa shape index (κ1) is 19.4. The highest BCUT2D eigenvalue weighted by Crippen LogP contribution is 2.35. The van der Waals surface area contributed by atoms with E-state index in [1.54, 1.807) is 18.3 Å².